The van der Waals surface area contributed by atoms with Crippen LogP contribution in [-0.2, 0) is 6.42 Å². The smallest absolute Gasteiger partial charge is 0.317 e. The van der Waals surface area contributed by atoms with Gasteiger partial charge in [0.2, 0.25) is 0 Å². The van der Waals surface area contributed by atoms with Gasteiger partial charge in [-0.2, -0.15) is 0 Å². The van der Waals surface area contributed by atoms with E-state index in [1.54, 1.807) is 25.2 Å². The zero-order valence-corrected chi connectivity index (χ0v) is 17.8. The summed E-state index contributed by atoms with van der Waals surface area (Å²) in [5.41, 5.74) is 2.06. The maximum absolute atomic E-state index is 12.8. The average molecular weight is 418 g/mol. The molecule has 1 aliphatic rings. The number of methoxy groups -OCH3 is 2. The van der Waals surface area contributed by atoms with E-state index in [9.17, 15) is 9.59 Å². The number of rotatable bonds is 7. The monoisotopic (exact) mass is 417 g/mol. The Bertz CT molecular complexity index is 854. The Morgan fingerprint density at radius 1 is 1.21 bits per heavy atom. The third-order valence-electron chi connectivity index (χ3n) is 4.99. The van der Waals surface area contributed by atoms with Crippen molar-refractivity contribution in [3.63, 3.8) is 0 Å². The van der Waals surface area contributed by atoms with Gasteiger partial charge in [-0.3, -0.25) is 4.79 Å². The minimum absolute atomic E-state index is 0.123. The lowest BCUT2D eigenvalue weighted by Gasteiger charge is -2.37. The van der Waals surface area contributed by atoms with E-state index in [-0.39, 0.29) is 18.0 Å². The van der Waals surface area contributed by atoms with Crippen molar-refractivity contribution in [2.45, 2.75) is 25.8 Å². The normalized spacial score (nSPS) is 15.4. The summed E-state index contributed by atoms with van der Waals surface area (Å²) < 4.78 is 10.9. The molecule has 0 saturated carbocycles. The topological polar surface area (TPSA) is 79.9 Å². The number of carbonyl (C=O) groups excluding carboxylic acids is 2. The highest BCUT2D eigenvalue weighted by molar-refractivity contribution is 7.12. The molecule has 0 fully saturated rings. The predicted molar refractivity (Wildman–Crippen MR) is 113 cm³/mol. The van der Waals surface area contributed by atoms with Gasteiger partial charge in [-0.25, -0.2) is 4.79 Å². The third kappa shape index (κ3) is 4.64. The van der Waals surface area contributed by atoms with Gasteiger partial charge in [-0.15, -0.1) is 11.3 Å². The van der Waals surface area contributed by atoms with Crippen molar-refractivity contribution in [3.05, 3.63) is 45.6 Å². The van der Waals surface area contributed by atoms with E-state index in [0.29, 0.717) is 42.4 Å². The molecule has 0 aliphatic carbocycles. The van der Waals surface area contributed by atoms with Crippen LogP contribution in [0.1, 0.15) is 40.2 Å². The van der Waals surface area contributed by atoms with E-state index in [4.69, 9.17) is 9.47 Å². The maximum atomic E-state index is 12.8. The van der Waals surface area contributed by atoms with Crippen LogP contribution in [0.5, 0.6) is 11.5 Å². The number of hydrogen-bond donors (Lipinski definition) is 2. The second kappa shape index (κ2) is 9.65. The number of fused-ring (bicyclic) bond motifs is 1. The van der Waals surface area contributed by atoms with Crippen LogP contribution >= 0.6 is 11.3 Å². The quantitative estimate of drug-likeness (QED) is 0.725. The standard InChI is InChI=1S/C21H27N3O4S/c1-4-8-22-21(26)24-9-7-14-11-17(27-2)18(28-3)12-15(14)16(24)13-23-20(25)19-6-5-10-29-19/h5-6,10-12,16H,4,7-9,13H2,1-3H3,(H,22,26)(H,23,25)/t16-/m0/s1. The minimum atomic E-state index is -0.292. The number of amides is 3. The molecular formula is C21H27N3O4S. The molecule has 2 aromatic rings. The van der Waals surface area contributed by atoms with Gasteiger partial charge in [0, 0.05) is 19.6 Å². The fourth-order valence-electron chi connectivity index (χ4n) is 3.51. The van der Waals surface area contributed by atoms with Crippen LogP contribution in [0.25, 0.3) is 0 Å². The lowest BCUT2D eigenvalue weighted by Crippen LogP contribution is -2.49. The summed E-state index contributed by atoms with van der Waals surface area (Å²) in [5.74, 6) is 1.13. The minimum Gasteiger partial charge on any atom is -0.493 e. The molecule has 0 unspecified atom stereocenters. The first kappa shape index (κ1) is 21.0. The van der Waals surface area contributed by atoms with Crippen molar-refractivity contribution in [2.75, 3.05) is 33.9 Å². The number of ether oxygens (including phenoxy) is 2. The first-order chi connectivity index (χ1) is 14.1. The van der Waals surface area contributed by atoms with Gasteiger partial charge >= 0.3 is 6.03 Å². The largest absolute Gasteiger partial charge is 0.493 e. The number of nitrogens with one attached hydrogen (secondary N) is 2. The van der Waals surface area contributed by atoms with Crippen LogP contribution in [-0.4, -0.2) is 50.7 Å². The van der Waals surface area contributed by atoms with Crippen molar-refractivity contribution in [2.24, 2.45) is 0 Å². The van der Waals surface area contributed by atoms with Crippen molar-refractivity contribution in [1.29, 1.82) is 0 Å². The van der Waals surface area contributed by atoms with E-state index in [1.807, 2.05) is 30.5 Å². The average Bonchev–Trinajstić information content (AvgIpc) is 3.29. The van der Waals surface area contributed by atoms with E-state index >= 15 is 0 Å². The molecule has 0 radical (unpaired) electrons. The van der Waals surface area contributed by atoms with E-state index in [2.05, 4.69) is 10.6 Å². The Hall–Kier alpha value is -2.74. The summed E-state index contributed by atoms with van der Waals surface area (Å²) in [6.07, 6.45) is 1.57. The van der Waals surface area contributed by atoms with E-state index < -0.39 is 0 Å². The number of nitrogens with zero attached hydrogens (tertiary/aromatic N) is 1. The molecule has 1 aliphatic heterocycles. The molecule has 29 heavy (non-hydrogen) atoms. The number of benzene rings is 1. The molecule has 3 amide bonds. The Morgan fingerprint density at radius 2 is 1.97 bits per heavy atom. The molecule has 0 spiro atoms. The summed E-state index contributed by atoms with van der Waals surface area (Å²) >= 11 is 1.39. The van der Waals surface area contributed by atoms with Crippen molar-refractivity contribution >= 4 is 23.3 Å². The molecule has 7 nitrogen and oxygen atoms in total. The number of urea groups is 1. The first-order valence-corrected chi connectivity index (χ1v) is 10.6. The highest BCUT2D eigenvalue weighted by Gasteiger charge is 2.32. The molecule has 8 heteroatoms. The Labute approximate surface area is 175 Å². The van der Waals surface area contributed by atoms with Gasteiger partial charge in [0.25, 0.3) is 5.91 Å². The van der Waals surface area contributed by atoms with E-state index in [0.717, 1.165) is 17.5 Å². The SMILES string of the molecule is CCCNC(=O)N1CCc2cc(OC)c(OC)cc2[C@@H]1CNC(=O)c1cccs1. The van der Waals surface area contributed by atoms with Crippen LogP contribution in [0.3, 0.4) is 0 Å². The molecule has 3 rings (SSSR count). The molecule has 1 aromatic heterocycles. The molecular weight excluding hydrogens is 390 g/mol. The van der Waals surface area contributed by atoms with Crippen molar-refractivity contribution in [1.82, 2.24) is 15.5 Å². The van der Waals surface area contributed by atoms with Crippen LogP contribution in [0.15, 0.2) is 29.6 Å². The van der Waals surface area contributed by atoms with Crippen LogP contribution < -0.4 is 20.1 Å². The Kier molecular flexibility index (Phi) is 6.98. The fourth-order valence-corrected chi connectivity index (χ4v) is 4.15. The fraction of sp³-hybridized carbons (Fsp3) is 0.429. The zero-order chi connectivity index (χ0) is 20.8. The molecule has 1 aromatic carbocycles. The summed E-state index contributed by atoms with van der Waals surface area (Å²) in [4.78, 5) is 27.7. The first-order valence-electron chi connectivity index (χ1n) is 9.70. The van der Waals surface area contributed by atoms with Crippen LogP contribution in [0, 0.1) is 0 Å². The molecule has 2 N–H and O–H groups in total. The second-order valence-electron chi connectivity index (χ2n) is 6.78. The lowest BCUT2D eigenvalue weighted by molar-refractivity contribution is 0.0938. The van der Waals surface area contributed by atoms with Gasteiger partial charge < -0.3 is 25.0 Å². The van der Waals surface area contributed by atoms with Gasteiger partial charge in [0.1, 0.15) is 0 Å². The predicted octanol–water partition coefficient (Wildman–Crippen LogP) is 3.21. The van der Waals surface area contributed by atoms with Crippen LogP contribution in [0.2, 0.25) is 0 Å². The van der Waals surface area contributed by atoms with Crippen LogP contribution in [0.4, 0.5) is 4.79 Å². The Balaban J connectivity index is 1.89. The summed E-state index contributed by atoms with van der Waals surface area (Å²) in [7, 11) is 3.20. The van der Waals surface area contributed by atoms with Crippen molar-refractivity contribution in [3.8, 4) is 11.5 Å². The zero-order valence-electron chi connectivity index (χ0n) is 17.0. The number of thiophene rings is 1. The summed E-state index contributed by atoms with van der Waals surface area (Å²) in [5, 5.41) is 7.80. The molecule has 0 bridgehead atoms. The second-order valence-corrected chi connectivity index (χ2v) is 7.73. The van der Waals surface area contributed by atoms with Gasteiger partial charge in [0.05, 0.1) is 25.1 Å². The van der Waals surface area contributed by atoms with Gasteiger partial charge in [-0.1, -0.05) is 13.0 Å². The maximum Gasteiger partial charge on any atom is 0.317 e. The molecule has 1 atom stereocenters. The van der Waals surface area contributed by atoms with Gasteiger partial charge in [-0.05, 0) is 47.5 Å². The van der Waals surface area contributed by atoms with Gasteiger partial charge in [0.15, 0.2) is 11.5 Å². The summed E-state index contributed by atoms with van der Waals surface area (Å²) in [6.45, 7) is 3.51. The Morgan fingerprint density at radius 3 is 2.62 bits per heavy atom. The molecule has 2 heterocycles. The third-order valence-corrected chi connectivity index (χ3v) is 5.86. The lowest BCUT2D eigenvalue weighted by atomic mass is 9.91. The molecule has 0 saturated heterocycles. The highest BCUT2D eigenvalue weighted by Crippen LogP contribution is 2.38. The highest BCUT2D eigenvalue weighted by atomic mass is 32.1. The van der Waals surface area contributed by atoms with E-state index in [1.165, 1.54) is 11.3 Å². The number of hydrogen-bond acceptors (Lipinski definition) is 5. The summed E-state index contributed by atoms with van der Waals surface area (Å²) in [6, 6.07) is 7.09. The molecule has 156 valence electrons. The number of carbonyl (C=O) groups is 2. The van der Waals surface area contributed by atoms with Crippen molar-refractivity contribution < 1.29 is 19.1 Å².